The molecule has 1 unspecified atom stereocenters. The van der Waals surface area contributed by atoms with E-state index in [9.17, 15) is 13.8 Å². The third kappa shape index (κ3) is 6.69. The molecule has 7 heteroatoms. The standard InChI is InChI=1S/C13H16N2O4S/c1-20(19)8-7-14-13(18)15-11-4-2-3-10(9-11)5-6-12(16)17/h2-6,9H,7-8H2,1H3,(H,16,17)(H2,14,15,18)/b6-5+. The van der Waals surface area contributed by atoms with E-state index in [4.69, 9.17) is 5.11 Å². The van der Waals surface area contributed by atoms with Gasteiger partial charge in [0.15, 0.2) is 0 Å². The molecule has 0 saturated heterocycles. The Morgan fingerprint density at radius 1 is 1.40 bits per heavy atom. The molecule has 6 nitrogen and oxygen atoms in total. The number of benzene rings is 1. The second-order valence-corrected chi connectivity index (χ2v) is 5.51. The first-order chi connectivity index (χ1) is 9.47. The van der Waals surface area contributed by atoms with E-state index in [2.05, 4.69) is 10.6 Å². The van der Waals surface area contributed by atoms with Crippen LogP contribution in [0.4, 0.5) is 10.5 Å². The molecule has 3 N–H and O–H groups in total. The molecule has 0 aromatic heterocycles. The number of hydrogen-bond acceptors (Lipinski definition) is 3. The van der Waals surface area contributed by atoms with Crippen LogP contribution in [-0.4, -0.2) is 39.9 Å². The zero-order valence-electron chi connectivity index (χ0n) is 11.0. The first-order valence-electron chi connectivity index (χ1n) is 5.83. The van der Waals surface area contributed by atoms with Gasteiger partial charge in [-0.25, -0.2) is 9.59 Å². The SMILES string of the molecule is CS(=O)CCNC(=O)Nc1cccc(/C=C/C(=O)O)c1. The van der Waals surface area contributed by atoms with Gasteiger partial charge in [0.1, 0.15) is 0 Å². The zero-order valence-corrected chi connectivity index (χ0v) is 11.8. The summed E-state index contributed by atoms with van der Waals surface area (Å²) in [4.78, 5) is 22.0. The van der Waals surface area contributed by atoms with Crippen LogP contribution in [0, 0.1) is 0 Å². The lowest BCUT2D eigenvalue weighted by Crippen LogP contribution is -2.31. The van der Waals surface area contributed by atoms with E-state index in [1.54, 1.807) is 30.5 Å². The minimum atomic E-state index is -1.03. The second-order valence-electron chi connectivity index (χ2n) is 3.96. The Balaban J connectivity index is 2.55. The average Bonchev–Trinajstić information content (AvgIpc) is 2.36. The molecule has 1 atom stereocenters. The summed E-state index contributed by atoms with van der Waals surface area (Å²) in [5.74, 6) is -0.636. The molecule has 1 aromatic rings. The number of carboxylic acids is 1. The highest BCUT2D eigenvalue weighted by Crippen LogP contribution is 2.11. The van der Waals surface area contributed by atoms with Gasteiger partial charge < -0.3 is 15.7 Å². The minimum Gasteiger partial charge on any atom is -0.478 e. The van der Waals surface area contributed by atoms with Crippen molar-refractivity contribution in [1.29, 1.82) is 0 Å². The van der Waals surface area contributed by atoms with Gasteiger partial charge in [0, 0.05) is 41.1 Å². The molecule has 0 heterocycles. The van der Waals surface area contributed by atoms with Gasteiger partial charge in [-0.15, -0.1) is 0 Å². The first-order valence-corrected chi connectivity index (χ1v) is 7.56. The third-order valence-corrected chi connectivity index (χ3v) is 3.02. The van der Waals surface area contributed by atoms with E-state index in [-0.39, 0.29) is 0 Å². The van der Waals surface area contributed by atoms with Crippen molar-refractivity contribution in [3.8, 4) is 0 Å². The van der Waals surface area contributed by atoms with Gasteiger partial charge in [-0.05, 0) is 23.8 Å². The number of hydrogen-bond donors (Lipinski definition) is 3. The summed E-state index contributed by atoms with van der Waals surface area (Å²) in [6.07, 6.45) is 4.03. The number of carbonyl (C=O) groups is 2. The number of urea groups is 1. The Hall–Kier alpha value is -2.15. The molecule has 1 rings (SSSR count). The average molecular weight is 296 g/mol. The van der Waals surface area contributed by atoms with Crippen LogP contribution in [0.25, 0.3) is 6.08 Å². The molecule has 0 aliphatic heterocycles. The van der Waals surface area contributed by atoms with E-state index in [0.29, 0.717) is 23.5 Å². The van der Waals surface area contributed by atoms with Crippen molar-refractivity contribution in [3.05, 3.63) is 35.9 Å². The quantitative estimate of drug-likeness (QED) is 0.689. The number of anilines is 1. The highest BCUT2D eigenvalue weighted by atomic mass is 32.2. The number of rotatable bonds is 6. The van der Waals surface area contributed by atoms with Crippen molar-refractivity contribution in [2.45, 2.75) is 0 Å². The Bertz CT molecular complexity index is 543. The summed E-state index contributed by atoms with van der Waals surface area (Å²) in [5, 5.41) is 13.7. The van der Waals surface area contributed by atoms with E-state index in [0.717, 1.165) is 6.08 Å². The molecule has 1 aromatic carbocycles. The van der Waals surface area contributed by atoms with E-state index in [1.807, 2.05) is 0 Å². The maximum absolute atomic E-state index is 11.5. The predicted octanol–water partition coefficient (Wildman–Crippen LogP) is 1.28. The zero-order chi connectivity index (χ0) is 15.0. The molecular weight excluding hydrogens is 280 g/mol. The lowest BCUT2D eigenvalue weighted by molar-refractivity contribution is -0.131. The highest BCUT2D eigenvalue weighted by Gasteiger charge is 2.02. The van der Waals surface area contributed by atoms with E-state index < -0.39 is 22.8 Å². The molecule has 0 spiro atoms. The van der Waals surface area contributed by atoms with Crippen LogP contribution in [0.15, 0.2) is 30.3 Å². The number of nitrogens with one attached hydrogen (secondary N) is 2. The fourth-order valence-electron chi connectivity index (χ4n) is 1.37. The molecular formula is C13H16N2O4S. The molecule has 0 aliphatic carbocycles. The summed E-state index contributed by atoms with van der Waals surface area (Å²) >= 11 is 0. The van der Waals surface area contributed by atoms with Gasteiger partial charge >= 0.3 is 12.0 Å². The van der Waals surface area contributed by atoms with Crippen LogP contribution in [0.5, 0.6) is 0 Å². The largest absolute Gasteiger partial charge is 0.478 e. The van der Waals surface area contributed by atoms with Gasteiger partial charge in [-0.1, -0.05) is 12.1 Å². The van der Waals surface area contributed by atoms with Crippen molar-refractivity contribution < 1.29 is 18.9 Å². The van der Waals surface area contributed by atoms with Crippen LogP contribution in [-0.2, 0) is 15.6 Å². The maximum Gasteiger partial charge on any atom is 0.328 e. The molecule has 0 aliphatic rings. The molecule has 0 radical (unpaired) electrons. The monoisotopic (exact) mass is 296 g/mol. The van der Waals surface area contributed by atoms with Crippen molar-refractivity contribution >= 4 is 34.6 Å². The second kappa shape index (κ2) is 8.11. The van der Waals surface area contributed by atoms with E-state index in [1.165, 1.54) is 6.08 Å². The Morgan fingerprint density at radius 2 is 2.15 bits per heavy atom. The molecule has 0 saturated carbocycles. The fourth-order valence-corrected chi connectivity index (χ4v) is 1.76. The van der Waals surface area contributed by atoms with Crippen LogP contribution in [0.1, 0.15) is 5.56 Å². The minimum absolute atomic E-state index is 0.327. The summed E-state index contributed by atoms with van der Waals surface area (Å²) in [6, 6.07) is 6.38. The van der Waals surface area contributed by atoms with Crippen molar-refractivity contribution in [2.24, 2.45) is 0 Å². The lowest BCUT2D eigenvalue weighted by Gasteiger charge is -2.07. The normalized spacial score (nSPS) is 12.1. The topological polar surface area (TPSA) is 95.5 Å². The van der Waals surface area contributed by atoms with Gasteiger partial charge in [0.25, 0.3) is 0 Å². The van der Waals surface area contributed by atoms with Gasteiger partial charge in [-0.2, -0.15) is 0 Å². The summed E-state index contributed by atoms with van der Waals surface area (Å²) in [7, 11) is -0.947. The predicted molar refractivity (Wildman–Crippen MR) is 79.1 cm³/mol. The lowest BCUT2D eigenvalue weighted by atomic mass is 10.2. The number of amides is 2. The van der Waals surface area contributed by atoms with Gasteiger partial charge in [0.2, 0.25) is 0 Å². The molecule has 108 valence electrons. The van der Waals surface area contributed by atoms with Gasteiger partial charge in [0.05, 0.1) is 0 Å². The molecule has 0 bridgehead atoms. The Morgan fingerprint density at radius 3 is 2.80 bits per heavy atom. The maximum atomic E-state index is 11.5. The summed E-state index contributed by atoms with van der Waals surface area (Å²) in [6.45, 7) is 0.327. The van der Waals surface area contributed by atoms with E-state index >= 15 is 0 Å². The van der Waals surface area contributed by atoms with Crippen molar-refractivity contribution in [1.82, 2.24) is 5.32 Å². The van der Waals surface area contributed by atoms with Crippen LogP contribution in [0.3, 0.4) is 0 Å². The summed E-state index contributed by atoms with van der Waals surface area (Å²) < 4.78 is 10.8. The Kier molecular flexibility index (Phi) is 6.45. The molecule has 0 fully saturated rings. The number of carbonyl (C=O) groups excluding carboxylic acids is 1. The summed E-state index contributed by atoms with van der Waals surface area (Å²) in [5.41, 5.74) is 1.22. The van der Waals surface area contributed by atoms with Crippen molar-refractivity contribution in [3.63, 3.8) is 0 Å². The number of aliphatic carboxylic acids is 1. The fraction of sp³-hybridized carbons (Fsp3) is 0.231. The number of carboxylic acid groups (broad SMARTS) is 1. The van der Waals surface area contributed by atoms with Crippen LogP contribution >= 0.6 is 0 Å². The van der Waals surface area contributed by atoms with Crippen LogP contribution in [0.2, 0.25) is 0 Å². The van der Waals surface area contributed by atoms with Crippen molar-refractivity contribution in [2.75, 3.05) is 23.9 Å². The third-order valence-electron chi connectivity index (χ3n) is 2.24. The smallest absolute Gasteiger partial charge is 0.328 e. The molecule has 20 heavy (non-hydrogen) atoms. The van der Waals surface area contributed by atoms with Gasteiger partial charge in [-0.3, -0.25) is 4.21 Å². The highest BCUT2D eigenvalue weighted by molar-refractivity contribution is 7.84. The first kappa shape index (κ1) is 15.9. The Labute approximate surface area is 119 Å². The molecule has 2 amide bonds. The van der Waals surface area contributed by atoms with Crippen LogP contribution < -0.4 is 10.6 Å².